The lowest BCUT2D eigenvalue weighted by atomic mass is 10.1. The summed E-state index contributed by atoms with van der Waals surface area (Å²) in [5.41, 5.74) is 2.45. The number of carbonyl (C=O) groups excluding carboxylic acids is 1. The van der Waals surface area contributed by atoms with Gasteiger partial charge >= 0.3 is 0 Å². The first-order chi connectivity index (χ1) is 7.00. The molecule has 3 heteroatoms. The molecule has 1 aromatic carbocycles. The van der Waals surface area contributed by atoms with Gasteiger partial charge in [0.1, 0.15) is 0 Å². The number of aryl methyl sites for hydroxylation is 1. The van der Waals surface area contributed by atoms with Crippen molar-refractivity contribution in [2.75, 3.05) is 6.54 Å². The molecule has 0 radical (unpaired) electrons. The van der Waals surface area contributed by atoms with Crippen molar-refractivity contribution in [3.63, 3.8) is 0 Å². The maximum absolute atomic E-state index is 11.6. The van der Waals surface area contributed by atoms with Gasteiger partial charge < -0.3 is 5.32 Å². The van der Waals surface area contributed by atoms with Crippen molar-refractivity contribution in [3.8, 4) is 0 Å². The van der Waals surface area contributed by atoms with Gasteiger partial charge in [-0.15, -0.1) is 0 Å². The molecule has 1 aromatic rings. The van der Waals surface area contributed by atoms with Crippen LogP contribution in [-0.2, 0) is 0 Å². The molecule has 0 heterocycles. The number of nitrogens with one attached hydrogen (secondary N) is 1. The zero-order chi connectivity index (χ0) is 11.4. The molecule has 0 saturated heterocycles. The topological polar surface area (TPSA) is 29.1 Å². The van der Waals surface area contributed by atoms with Crippen LogP contribution in [0.4, 0.5) is 0 Å². The highest BCUT2D eigenvalue weighted by Crippen LogP contribution is 2.16. The molecule has 15 heavy (non-hydrogen) atoms. The molecule has 0 spiro atoms. The molecule has 2 nitrogen and oxygen atoms in total. The van der Waals surface area contributed by atoms with Gasteiger partial charge in [-0.2, -0.15) is 0 Å². The Kier molecular flexibility index (Phi) is 3.92. The van der Waals surface area contributed by atoms with E-state index < -0.39 is 0 Å². The van der Waals surface area contributed by atoms with Gasteiger partial charge in [0.2, 0.25) is 0 Å². The van der Waals surface area contributed by atoms with Crippen LogP contribution in [0.1, 0.15) is 22.8 Å². The zero-order valence-electron chi connectivity index (χ0n) is 8.93. The highest BCUT2D eigenvalue weighted by atomic mass is 35.5. The first kappa shape index (κ1) is 11.8. The molecular weight excluding hydrogens is 210 g/mol. The van der Waals surface area contributed by atoms with Gasteiger partial charge in [-0.05, 0) is 37.6 Å². The standard InChI is InChI=1S/C12H14ClNO/c1-8(2)7-14-12(15)10-4-5-11(13)9(3)6-10/h4-6H,1,7H2,2-3H3,(H,14,15). The zero-order valence-corrected chi connectivity index (χ0v) is 9.69. The molecule has 0 aliphatic rings. The quantitative estimate of drug-likeness (QED) is 0.785. The summed E-state index contributed by atoms with van der Waals surface area (Å²) in [6.07, 6.45) is 0. The predicted molar refractivity (Wildman–Crippen MR) is 63.3 cm³/mol. The van der Waals surface area contributed by atoms with Crippen molar-refractivity contribution < 1.29 is 4.79 Å². The minimum absolute atomic E-state index is 0.0993. The molecule has 0 aromatic heterocycles. The summed E-state index contributed by atoms with van der Waals surface area (Å²) in [6, 6.07) is 5.21. The fraction of sp³-hybridized carbons (Fsp3) is 0.250. The van der Waals surface area contributed by atoms with Crippen molar-refractivity contribution in [2.24, 2.45) is 0 Å². The summed E-state index contributed by atoms with van der Waals surface area (Å²) in [5, 5.41) is 3.44. The largest absolute Gasteiger partial charge is 0.348 e. The second-order valence-electron chi connectivity index (χ2n) is 3.60. The molecular formula is C12H14ClNO. The second kappa shape index (κ2) is 4.99. The molecule has 0 fully saturated rings. The Balaban J connectivity index is 2.74. The van der Waals surface area contributed by atoms with Gasteiger partial charge in [-0.3, -0.25) is 4.79 Å². The van der Waals surface area contributed by atoms with Gasteiger partial charge in [0.05, 0.1) is 0 Å². The van der Waals surface area contributed by atoms with E-state index in [2.05, 4.69) is 11.9 Å². The maximum Gasteiger partial charge on any atom is 0.251 e. The Morgan fingerprint density at radius 3 is 2.73 bits per heavy atom. The number of rotatable bonds is 3. The summed E-state index contributed by atoms with van der Waals surface area (Å²) >= 11 is 5.87. The smallest absolute Gasteiger partial charge is 0.251 e. The Labute approximate surface area is 94.9 Å². The predicted octanol–water partition coefficient (Wildman–Crippen LogP) is 2.95. The third-order valence-electron chi connectivity index (χ3n) is 1.97. The van der Waals surface area contributed by atoms with Gasteiger partial charge in [-0.25, -0.2) is 0 Å². The van der Waals surface area contributed by atoms with E-state index in [1.165, 1.54) is 0 Å². The van der Waals surface area contributed by atoms with Crippen molar-refractivity contribution in [1.29, 1.82) is 0 Å². The highest BCUT2D eigenvalue weighted by molar-refractivity contribution is 6.31. The van der Waals surface area contributed by atoms with Crippen LogP contribution in [0, 0.1) is 6.92 Å². The summed E-state index contributed by atoms with van der Waals surface area (Å²) in [7, 11) is 0. The Hall–Kier alpha value is -1.28. The molecule has 80 valence electrons. The molecule has 1 amide bonds. The molecule has 0 aliphatic carbocycles. The van der Waals surface area contributed by atoms with Crippen molar-refractivity contribution in [2.45, 2.75) is 13.8 Å². The maximum atomic E-state index is 11.6. The van der Waals surface area contributed by atoms with Crippen LogP contribution in [0.25, 0.3) is 0 Å². The van der Waals surface area contributed by atoms with Gasteiger partial charge in [0.25, 0.3) is 5.91 Å². The monoisotopic (exact) mass is 223 g/mol. The van der Waals surface area contributed by atoms with Crippen molar-refractivity contribution in [3.05, 3.63) is 46.5 Å². The van der Waals surface area contributed by atoms with E-state index in [0.29, 0.717) is 17.1 Å². The number of carbonyl (C=O) groups is 1. The average molecular weight is 224 g/mol. The number of benzene rings is 1. The fourth-order valence-corrected chi connectivity index (χ4v) is 1.24. The highest BCUT2D eigenvalue weighted by Gasteiger charge is 2.05. The van der Waals surface area contributed by atoms with E-state index in [9.17, 15) is 4.79 Å². The second-order valence-corrected chi connectivity index (χ2v) is 4.01. The first-order valence-corrected chi connectivity index (χ1v) is 5.07. The normalized spacial score (nSPS) is 9.80. The van der Waals surface area contributed by atoms with Crippen LogP contribution in [0.15, 0.2) is 30.4 Å². The van der Waals surface area contributed by atoms with Crippen molar-refractivity contribution in [1.82, 2.24) is 5.32 Å². The van der Waals surface area contributed by atoms with E-state index in [1.54, 1.807) is 18.2 Å². The summed E-state index contributed by atoms with van der Waals surface area (Å²) in [5.74, 6) is -0.0993. The third kappa shape index (κ3) is 3.40. The first-order valence-electron chi connectivity index (χ1n) is 4.69. The number of amides is 1. The summed E-state index contributed by atoms with van der Waals surface area (Å²) in [6.45, 7) is 7.96. The van der Waals surface area contributed by atoms with E-state index in [0.717, 1.165) is 11.1 Å². The van der Waals surface area contributed by atoms with Gasteiger partial charge in [0.15, 0.2) is 0 Å². The van der Waals surface area contributed by atoms with E-state index in [-0.39, 0.29) is 5.91 Å². The van der Waals surface area contributed by atoms with Crippen LogP contribution < -0.4 is 5.32 Å². The number of halogens is 1. The molecule has 0 bridgehead atoms. The van der Waals surface area contributed by atoms with Crippen LogP contribution in [0.2, 0.25) is 5.02 Å². The third-order valence-corrected chi connectivity index (χ3v) is 2.39. The molecule has 0 atom stereocenters. The lowest BCUT2D eigenvalue weighted by Gasteiger charge is -2.06. The van der Waals surface area contributed by atoms with Crippen LogP contribution in [0.3, 0.4) is 0 Å². The van der Waals surface area contributed by atoms with Crippen LogP contribution in [-0.4, -0.2) is 12.5 Å². The molecule has 1 N–H and O–H groups in total. The molecule has 0 saturated carbocycles. The van der Waals surface area contributed by atoms with Crippen molar-refractivity contribution >= 4 is 17.5 Å². The van der Waals surface area contributed by atoms with Gasteiger partial charge in [-0.1, -0.05) is 23.8 Å². The molecule has 1 rings (SSSR count). The summed E-state index contributed by atoms with van der Waals surface area (Å²) < 4.78 is 0. The van der Waals surface area contributed by atoms with E-state index in [4.69, 9.17) is 11.6 Å². The molecule has 0 aliphatic heterocycles. The van der Waals surface area contributed by atoms with Crippen LogP contribution in [0.5, 0.6) is 0 Å². The fourth-order valence-electron chi connectivity index (χ4n) is 1.12. The van der Waals surface area contributed by atoms with Crippen LogP contribution >= 0.6 is 11.6 Å². The SMILES string of the molecule is C=C(C)CNC(=O)c1ccc(Cl)c(C)c1. The van der Waals surface area contributed by atoms with E-state index >= 15 is 0 Å². The molecule has 0 unspecified atom stereocenters. The summed E-state index contributed by atoms with van der Waals surface area (Å²) in [4.78, 5) is 11.6. The Morgan fingerprint density at radius 2 is 2.20 bits per heavy atom. The minimum atomic E-state index is -0.0993. The Morgan fingerprint density at radius 1 is 1.53 bits per heavy atom. The average Bonchev–Trinajstić information content (AvgIpc) is 2.18. The minimum Gasteiger partial charge on any atom is -0.348 e. The lowest BCUT2D eigenvalue weighted by molar-refractivity contribution is 0.0957. The van der Waals surface area contributed by atoms with Gasteiger partial charge in [0, 0.05) is 17.1 Å². The number of hydrogen-bond donors (Lipinski definition) is 1. The number of hydrogen-bond acceptors (Lipinski definition) is 1. The van der Waals surface area contributed by atoms with E-state index in [1.807, 2.05) is 13.8 Å². The lowest BCUT2D eigenvalue weighted by Crippen LogP contribution is -2.24. The Bertz CT molecular complexity index is 399.